The number of nitrogens with one attached hydrogen (secondary N) is 1. The molecule has 1 N–H and O–H groups in total. The van der Waals surface area contributed by atoms with E-state index in [2.05, 4.69) is 15.0 Å². The fourth-order valence-electron chi connectivity index (χ4n) is 8.37. The van der Waals surface area contributed by atoms with E-state index in [1.807, 2.05) is 0 Å². The first-order valence-corrected chi connectivity index (χ1v) is 21.8. The molecule has 3 aromatic carbocycles. The lowest BCUT2D eigenvalue weighted by Gasteiger charge is -2.18. The van der Waals surface area contributed by atoms with Crippen LogP contribution in [0.2, 0.25) is 0 Å². The van der Waals surface area contributed by atoms with Gasteiger partial charge in [-0.3, -0.25) is 0 Å². The third-order valence-corrected chi connectivity index (χ3v) is 11.3. The zero-order valence-corrected chi connectivity index (χ0v) is 38.5. The molecule has 22 heteroatoms. The summed E-state index contributed by atoms with van der Waals surface area (Å²) in [5.74, 6) is -29.8. The summed E-state index contributed by atoms with van der Waals surface area (Å²) in [5, 5.41) is 0. The van der Waals surface area contributed by atoms with E-state index in [1.165, 1.54) is 76.0 Å². The number of aryl methyl sites for hydroxylation is 1. The van der Waals surface area contributed by atoms with Crippen LogP contribution in [0.15, 0.2) is 87.8 Å². The molecule has 3 aliphatic rings. The van der Waals surface area contributed by atoms with Gasteiger partial charge in [0.2, 0.25) is 11.6 Å². The summed E-state index contributed by atoms with van der Waals surface area (Å²) in [5.41, 5.74) is -12.0. The summed E-state index contributed by atoms with van der Waals surface area (Å²) in [6.45, 7) is 4.34. The number of benzene rings is 3. The number of aromatic amines is 1. The molecule has 8 rings (SSSR count). The second-order valence-electron chi connectivity index (χ2n) is 15.7. The maximum atomic E-state index is 16.4. The van der Waals surface area contributed by atoms with Gasteiger partial charge in [-0.15, -0.1) is 0 Å². The Morgan fingerprint density at radius 1 is 0.521 bits per heavy atom. The van der Waals surface area contributed by atoms with Crippen LogP contribution in [0.1, 0.15) is 72.5 Å². The molecule has 8 bridgehead atoms. The van der Waals surface area contributed by atoms with E-state index in [4.69, 9.17) is 18.9 Å². The van der Waals surface area contributed by atoms with Crippen molar-refractivity contribution in [3.05, 3.63) is 181 Å². The molecule has 5 heterocycles. The average Bonchev–Trinajstić information content (AvgIpc) is 4.19. The highest BCUT2D eigenvalue weighted by atomic mass is 19.2. The van der Waals surface area contributed by atoms with Crippen molar-refractivity contribution in [1.82, 2.24) is 9.55 Å². The number of aliphatic imine (C=N–C) groups is 2. The zero-order valence-electron chi connectivity index (χ0n) is 38.5. The Bertz CT molecular complexity index is 3410. The van der Waals surface area contributed by atoms with Crippen molar-refractivity contribution < 1.29 is 82.0 Å². The summed E-state index contributed by atoms with van der Waals surface area (Å²) in [4.78, 5) is 68.0. The van der Waals surface area contributed by atoms with Gasteiger partial charge in [-0.05, 0) is 69.2 Å². The van der Waals surface area contributed by atoms with Gasteiger partial charge in [-0.25, -0.2) is 73.1 Å². The monoisotopic (exact) mass is 1020 g/mol. The first kappa shape index (κ1) is 50.8. The minimum atomic E-state index is -2.57. The van der Waals surface area contributed by atoms with E-state index in [0.717, 1.165) is 24.3 Å². The highest BCUT2D eigenvalue weighted by Crippen LogP contribution is 2.46. The van der Waals surface area contributed by atoms with Crippen molar-refractivity contribution in [3.63, 3.8) is 0 Å². The Morgan fingerprint density at radius 2 is 0.932 bits per heavy atom. The van der Waals surface area contributed by atoms with Crippen LogP contribution in [-0.2, 0) is 45.2 Å². The van der Waals surface area contributed by atoms with Crippen LogP contribution in [0.3, 0.4) is 0 Å². The number of H-pyrrole nitrogens is 1. The van der Waals surface area contributed by atoms with Crippen LogP contribution >= 0.6 is 0 Å². The van der Waals surface area contributed by atoms with Crippen molar-refractivity contribution in [3.8, 4) is 0 Å². The van der Waals surface area contributed by atoms with Crippen molar-refractivity contribution in [2.75, 3.05) is 26.4 Å². The first-order valence-electron chi connectivity index (χ1n) is 21.8. The molecule has 0 radical (unpaired) electrons. The molecule has 0 atom stereocenters. The van der Waals surface area contributed by atoms with Gasteiger partial charge in [0.25, 0.3) is 0 Å². The molecule has 3 aliphatic heterocycles. The van der Waals surface area contributed by atoms with E-state index in [-0.39, 0.29) is 48.7 Å². The zero-order chi connectivity index (χ0) is 52.9. The van der Waals surface area contributed by atoms with Crippen LogP contribution in [0.25, 0.3) is 28.0 Å². The number of nitrogens with zero attached hydrogens (tertiary/aromatic N) is 3. The number of ether oxygens (including phenoxy) is 4. The Labute approximate surface area is 405 Å². The van der Waals surface area contributed by atoms with Gasteiger partial charge in [0.15, 0.2) is 57.7 Å². The predicted octanol–water partition coefficient (Wildman–Crippen LogP) is 9.71. The fraction of sp³-hybridized carbons (Fsp3) is 0.176. The second-order valence-corrected chi connectivity index (χ2v) is 15.7. The third-order valence-electron chi connectivity index (χ3n) is 11.3. The fourth-order valence-corrected chi connectivity index (χ4v) is 8.37. The van der Waals surface area contributed by atoms with Gasteiger partial charge in [-0.2, -0.15) is 0 Å². The first-order chi connectivity index (χ1) is 34.8. The molecule has 0 amide bonds. The largest absolute Gasteiger partial charge is 0.462 e. The van der Waals surface area contributed by atoms with Crippen LogP contribution < -0.4 is 0 Å². The summed E-state index contributed by atoms with van der Waals surface area (Å²) in [7, 11) is 1.45. The SMILES string of the molecule is CCOC(=O)C(C(=O)OCC)=C1C2=NC(=C(c3c(F)c(F)c(F)c(F)c3F)c3ccc([nH]3)C(c3c(F)c(F)c(F)c(F)c3F)=C3N=C(C(=C(C(=O)OCC)C(=O)OCC)c4cccc1c4)c1cn(C)cc13)C=C2. The van der Waals surface area contributed by atoms with E-state index in [0.29, 0.717) is 0 Å². The standard InChI is InChI=1S/C51H34F10N4O8/c1-6-70-48(66)34(49(67)71-7-2)28-20-11-10-12-21(17-20)29(35(50(68)72-8-3)51(69)73-9-4)46-22-18-65(5)19-23(22)47(64-46)31(33-38(54)42(58)45(61)43(59)39(33)55)27-16-15-26(63-27)30(25-14-13-24(28)62-25)32-36(52)40(56)44(60)41(57)37(32)53/h10-19,63H,6-9H2,1-5H3. The number of esters is 4. The van der Waals surface area contributed by atoms with E-state index in [1.54, 1.807) is 0 Å². The summed E-state index contributed by atoms with van der Waals surface area (Å²) in [6.07, 6.45) is 4.66. The summed E-state index contributed by atoms with van der Waals surface area (Å²) in [6, 6.07) is 6.88. The van der Waals surface area contributed by atoms with E-state index < -0.39 is 161 Å². The van der Waals surface area contributed by atoms with Gasteiger partial charge in [0.1, 0.15) is 0 Å². The van der Waals surface area contributed by atoms with Crippen molar-refractivity contribution in [1.29, 1.82) is 0 Å². The minimum absolute atomic E-state index is 0.0773. The van der Waals surface area contributed by atoms with Gasteiger partial charge in [-0.1, -0.05) is 18.2 Å². The second kappa shape index (κ2) is 19.9. The number of carbonyl (C=O) groups is 4. The average molecular weight is 1020 g/mol. The molecule has 12 nitrogen and oxygen atoms in total. The van der Waals surface area contributed by atoms with Gasteiger partial charge < -0.3 is 28.5 Å². The van der Waals surface area contributed by atoms with Crippen LogP contribution in [0, 0.1) is 58.2 Å². The number of rotatable bonds is 10. The summed E-state index contributed by atoms with van der Waals surface area (Å²) < 4.78 is 178. The predicted molar refractivity (Wildman–Crippen MR) is 241 cm³/mol. The van der Waals surface area contributed by atoms with E-state index in [9.17, 15) is 28.0 Å². The van der Waals surface area contributed by atoms with Crippen LogP contribution in [0.5, 0.6) is 0 Å². The minimum Gasteiger partial charge on any atom is -0.462 e. The number of carbonyl (C=O) groups excluding carboxylic acids is 4. The molecular weight excluding hydrogens is 987 g/mol. The molecule has 0 fully saturated rings. The van der Waals surface area contributed by atoms with Crippen LogP contribution in [0.4, 0.5) is 43.9 Å². The molecule has 0 saturated heterocycles. The lowest BCUT2D eigenvalue weighted by molar-refractivity contribution is -0.148. The van der Waals surface area contributed by atoms with E-state index >= 15 is 35.1 Å². The highest BCUT2D eigenvalue weighted by molar-refractivity contribution is 6.44. The molecule has 376 valence electrons. The Kier molecular flexibility index (Phi) is 13.9. The Balaban J connectivity index is 1.67. The van der Waals surface area contributed by atoms with Crippen molar-refractivity contribution in [2.45, 2.75) is 27.7 Å². The van der Waals surface area contributed by atoms with Crippen molar-refractivity contribution in [2.24, 2.45) is 17.0 Å². The topological polar surface area (TPSA) is 151 Å². The third kappa shape index (κ3) is 8.54. The molecule has 0 saturated carbocycles. The number of halogens is 10. The highest BCUT2D eigenvalue weighted by Gasteiger charge is 2.40. The molecule has 73 heavy (non-hydrogen) atoms. The molecule has 0 aliphatic carbocycles. The maximum absolute atomic E-state index is 16.4. The molecule has 0 spiro atoms. The normalized spacial score (nSPS) is 13.8. The number of hydrogen-bond donors (Lipinski definition) is 1. The molecular formula is C51H34F10N4O8. The number of aromatic nitrogens is 2. The molecule has 2 aromatic heterocycles. The number of fused-ring (bicyclic) bond motifs is 9. The number of allylic oxidation sites excluding steroid dienone is 4. The Hall–Kier alpha value is -8.56. The van der Waals surface area contributed by atoms with Gasteiger partial charge >= 0.3 is 23.9 Å². The van der Waals surface area contributed by atoms with Crippen LogP contribution in [-0.4, -0.2) is 71.3 Å². The lowest BCUT2D eigenvalue weighted by Crippen LogP contribution is -2.23. The molecule has 5 aromatic rings. The number of hydrogen-bond acceptors (Lipinski definition) is 10. The van der Waals surface area contributed by atoms with Crippen molar-refractivity contribution >= 4 is 63.3 Å². The van der Waals surface area contributed by atoms with Gasteiger partial charge in [0.05, 0.1) is 60.4 Å². The smallest absolute Gasteiger partial charge is 0.346 e. The maximum Gasteiger partial charge on any atom is 0.346 e. The van der Waals surface area contributed by atoms with Gasteiger partial charge in [0, 0.05) is 64.2 Å². The Morgan fingerprint density at radius 3 is 1.41 bits per heavy atom. The molecule has 0 unspecified atom stereocenters. The lowest BCUT2D eigenvalue weighted by atomic mass is 9.88. The quantitative estimate of drug-likeness (QED) is 0.0212. The summed E-state index contributed by atoms with van der Waals surface area (Å²) >= 11 is 0.